The van der Waals surface area contributed by atoms with Crippen molar-refractivity contribution in [3.8, 4) is 0 Å². The van der Waals surface area contributed by atoms with Gasteiger partial charge in [0, 0.05) is 5.69 Å². The van der Waals surface area contributed by atoms with Crippen LogP contribution in [0, 0.1) is 12.7 Å². The van der Waals surface area contributed by atoms with Crippen LogP contribution in [0.25, 0.3) is 0 Å². The van der Waals surface area contributed by atoms with Gasteiger partial charge in [-0.2, -0.15) is 0 Å². The number of hydrogen-bond donors (Lipinski definition) is 1. The molecule has 2 rings (SSSR count). The fourth-order valence-corrected chi connectivity index (χ4v) is 2.15. The number of aryl methyl sites for hydroxylation is 1. The second kappa shape index (κ2) is 6.59. The largest absolute Gasteiger partial charge is 0.462 e. The monoisotopic (exact) mass is 307 g/mol. The summed E-state index contributed by atoms with van der Waals surface area (Å²) >= 11 is 6.16. The molecular formula is C16H15ClFNO2. The molecule has 0 amide bonds. The lowest BCUT2D eigenvalue weighted by Crippen LogP contribution is -2.08. The van der Waals surface area contributed by atoms with Crippen LogP contribution < -0.4 is 5.32 Å². The molecule has 0 spiro atoms. The van der Waals surface area contributed by atoms with Gasteiger partial charge in [-0.1, -0.05) is 17.7 Å². The van der Waals surface area contributed by atoms with E-state index in [4.69, 9.17) is 16.3 Å². The molecule has 110 valence electrons. The molecule has 3 nitrogen and oxygen atoms in total. The van der Waals surface area contributed by atoms with E-state index in [1.54, 1.807) is 38.1 Å². The third kappa shape index (κ3) is 3.52. The van der Waals surface area contributed by atoms with Crippen molar-refractivity contribution in [1.29, 1.82) is 0 Å². The Bertz CT molecular complexity index is 673. The van der Waals surface area contributed by atoms with Gasteiger partial charge < -0.3 is 10.1 Å². The molecule has 0 aliphatic carbocycles. The summed E-state index contributed by atoms with van der Waals surface area (Å²) in [6.07, 6.45) is 0. The number of nitrogens with one attached hydrogen (secondary N) is 1. The highest BCUT2D eigenvalue weighted by molar-refractivity contribution is 6.34. The van der Waals surface area contributed by atoms with Gasteiger partial charge in [0.05, 0.1) is 22.9 Å². The van der Waals surface area contributed by atoms with Gasteiger partial charge in [-0.25, -0.2) is 9.18 Å². The van der Waals surface area contributed by atoms with E-state index in [9.17, 15) is 9.18 Å². The summed E-state index contributed by atoms with van der Waals surface area (Å²) in [4.78, 5) is 12.0. The number of anilines is 2. The van der Waals surface area contributed by atoms with Crippen molar-refractivity contribution < 1.29 is 13.9 Å². The summed E-state index contributed by atoms with van der Waals surface area (Å²) in [5.41, 5.74) is 2.18. The molecule has 5 heteroatoms. The Morgan fingerprint density at radius 1 is 1.33 bits per heavy atom. The zero-order valence-corrected chi connectivity index (χ0v) is 12.5. The molecule has 0 bridgehead atoms. The van der Waals surface area contributed by atoms with Crippen LogP contribution >= 0.6 is 11.6 Å². The minimum Gasteiger partial charge on any atom is -0.462 e. The lowest BCUT2D eigenvalue weighted by atomic mass is 10.1. The number of ether oxygens (including phenoxy) is 1. The third-order valence-electron chi connectivity index (χ3n) is 2.96. The molecule has 0 unspecified atom stereocenters. The van der Waals surface area contributed by atoms with Crippen molar-refractivity contribution in [2.24, 2.45) is 0 Å². The van der Waals surface area contributed by atoms with Crippen LogP contribution in [0.15, 0.2) is 36.4 Å². The molecule has 0 saturated carbocycles. The maximum absolute atomic E-state index is 13.1. The van der Waals surface area contributed by atoms with E-state index in [2.05, 4.69) is 5.32 Å². The number of carbonyl (C=O) groups excluding carboxylic acids is 1. The number of hydrogen-bond acceptors (Lipinski definition) is 3. The normalized spacial score (nSPS) is 10.3. The van der Waals surface area contributed by atoms with E-state index in [1.165, 1.54) is 12.1 Å². The van der Waals surface area contributed by atoms with E-state index >= 15 is 0 Å². The zero-order valence-electron chi connectivity index (χ0n) is 11.7. The predicted molar refractivity (Wildman–Crippen MR) is 81.8 cm³/mol. The van der Waals surface area contributed by atoms with Gasteiger partial charge in [0.2, 0.25) is 0 Å². The summed E-state index contributed by atoms with van der Waals surface area (Å²) in [7, 11) is 0. The summed E-state index contributed by atoms with van der Waals surface area (Å²) in [5, 5.41) is 3.47. The van der Waals surface area contributed by atoms with Crippen molar-refractivity contribution in [3.63, 3.8) is 0 Å². The number of para-hydroxylation sites is 1. The van der Waals surface area contributed by atoms with Gasteiger partial charge in [0.25, 0.3) is 0 Å². The molecule has 0 radical (unpaired) electrons. The van der Waals surface area contributed by atoms with Crippen molar-refractivity contribution in [1.82, 2.24) is 0 Å². The van der Waals surface area contributed by atoms with E-state index in [0.29, 0.717) is 27.5 Å². The Morgan fingerprint density at radius 3 is 2.76 bits per heavy atom. The first-order chi connectivity index (χ1) is 10.0. The van der Waals surface area contributed by atoms with Gasteiger partial charge in [-0.15, -0.1) is 0 Å². The Balaban J connectivity index is 2.41. The molecule has 0 heterocycles. The maximum atomic E-state index is 13.1. The molecule has 0 aliphatic rings. The van der Waals surface area contributed by atoms with Gasteiger partial charge in [0.15, 0.2) is 0 Å². The van der Waals surface area contributed by atoms with Crippen LogP contribution in [0.5, 0.6) is 0 Å². The fourth-order valence-electron chi connectivity index (χ4n) is 1.93. The summed E-state index contributed by atoms with van der Waals surface area (Å²) < 4.78 is 18.2. The average molecular weight is 308 g/mol. The number of halogens is 2. The molecule has 0 aromatic heterocycles. The minimum atomic E-state index is -0.456. The highest BCUT2D eigenvalue weighted by atomic mass is 35.5. The lowest BCUT2D eigenvalue weighted by Gasteiger charge is -2.14. The molecule has 0 aliphatic heterocycles. The van der Waals surface area contributed by atoms with E-state index in [-0.39, 0.29) is 12.4 Å². The summed E-state index contributed by atoms with van der Waals surface area (Å²) in [6.45, 7) is 3.78. The third-order valence-corrected chi connectivity index (χ3v) is 3.27. The molecule has 0 saturated heterocycles. The Labute approximate surface area is 127 Å². The summed E-state index contributed by atoms with van der Waals surface area (Å²) in [6, 6.07) is 9.33. The Hall–Kier alpha value is -2.07. The smallest absolute Gasteiger partial charge is 0.340 e. The van der Waals surface area contributed by atoms with Gasteiger partial charge in [-0.3, -0.25) is 0 Å². The van der Waals surface area contributed by atoms with Crippen molar-refractivity contribution in [2.45, 2.75) is 13.8 Å². The van der Waals surface area contributed by atoms with Crippen molar-refractivity contribution in [2.75, 3.05) is 11.9 Å². The zero-order chi connectivity index (χ0) is 15.4. The number of esters is 1. The van der Waals surface area contributed by atoms with E-state index < -0.39 is 5.97 Å². The second-order valence-electron chi connectivity index (χ2n) is 4.47. The van der Waals surface area contributed by atoms with E-state index in [0.717, 1.165) is 0 Å². The average Bonchev–Trinajstić information content (AvgIpc) is 2.43. The van der Waals surface area contributed by atoms with Gasteiger partial charge >= 0.3 is 5.97 Å². The van der Waals surface area contributed by atoms with Crippen LogP contribution in [0.4, 0.5) is 15.8 Å². The first kappa shape index (κ1) is 15.3. The summed E-state index contributed by atoms with van der Waals surface area (Å²) in [5.74, 6) is -0.773. The maximum Gasteiger partial charge on any atom is 0.340 e. The van der Waals surface area contributed by atoms with Gasteiger partial charge in [0.1, 0.15) is 5.82 Å². The highest BCUT2D eigenvalue weighted by Crippen LogP contribution is 2.31. The molecule has 2 aromatic rings. The molecule has 0 fully saturated rings. The molecular weight excluding hydrogens is 293 g/mol. The molecule has 0 atom stereocenters. The molecule has 2 aromatic carbocycles. The number of carbonyl (C=O) groups is 1. The van der Waals surface area contributed by atoms with Crippen LogP contribution in [0.2, 0.25) is 5.02 Å². The quantitative estimate of drug-likeness (QED) is 0.831. The first-order valence-corrected chi connectivity index (χ1v) is 6.89. The molecule has 1 N–H and O–H groups in total. The van der Waals surface area contributed by atoms with Crippen LogP contribution in [-0.2, 0) is 4.74 Å². The Kier molecular flexibility index (Phi) is 4.81. The number of benzene rings is 2. The predicted octanol–water partition coefficient (Wildman–Crippen LogP) is 4.71. The van der Waals surface area contributed by atoms with Crippen LogP contribution in [-0.4, -0.2) is 12.6 Å². The number of rotatable bonds is 4. The minimum absolute atomic E-state index is 0.278. The Morgan fingerprint density at radius 2 is 2.10 bits per heavy atom. The molecule has 21 heavy (non-hydrogen) atoms. The SMILES string of the molecule is CCOC(=O)c1cccc(Cl)c1Nc1ccc(F)cc1C. The standard InChI is InChI=1S/C16H15ClFNO2/c1-3-21-16(20)12-5-4-6-13(17)15(12)19-14-8-7-11(18)9-10(14)2/h4-9,19H,3H2,1-2H3. The topological polar surface area (TPSA) is 38.3 Å². The lowest BCUT2D eigenvalue weighted by molar-refractivity contribution is 0.0527. The van der Waals surface area contributed by atoms with Crippen molar-refractivity contribution >= 4 is 28.9 Å². The highest BCUT2D eigenvalue weighted by Gasteiger charge is 2.16. The van der Waals surface area contributed by atoms with Gasteiger partial charge in [-0.05, 0) is 49.7 Å². The van der Waals surface area contributed by atoms with E-state index in [1.807, 2.05) is 0 Å². The fraction of sp³-hybridized carbons (Fsp3) is 0.188. The second-order valence-corrected chi connectivity index (χ2v) is 4.87. The van der Waals surface area contributed by atoms with Crippen molar-refractivity contribution in [3.05, 3.63) is 58.4 Å². The first-order valence-electron chi connectivity index (χ1n) is 6.51. The van der Waals surface area contributed by atoms with Crippen LogP contribution in [0.3, 0.4) is 0 Å². The van der Waals surface area contributed by atoms with Crippen LogP contribution in [0.1, 0.15) is 22.8 Å².